The van der Waals surface area contributed by atoms with Crippen molar-refractivity contribution in [2.45, 2.75) is 6.42 Å². The van der Waals surface area contributed by atoms with Crippen molar-refractivity contribution in [3.63, 3.8) is 0 Å². The van der Waals surface area contributed by atoms with Gasteiger partial charge in [-0.1, -0.05) is 24.3 Å². The molecule has 0 saturated carbocycles. The normalized spacial score (nSPS) is 16.3. The topological polar surface area (TPSA) is 83.6 Å². The maximum atomic E-state index is 14.0. The Labute approximate surface area is 160 Å². The molecule has 1 aliphatic heterocycles. The van der Waals surface area contributed by atoms with Crippen LogP contribution in [-0.4, -0.2) is 40.0 Å². The highest BCUT2D eigenvalue weighted by Crippen LogP contribution is 2.30. The van der Waals surface area contributed by atoms with Gasteiger partial charge in [-0.3, -0.25) is 9.59 Å². The monoisotopic (exact) mass is 380 g/mol. The summed E-state index contributed by atoms with van der Waals surface area (Å²) in [5.41, 5.74) is 1.14. The van der Waals surface area contributed by atoms with E-state index in [2.05, 4.69) is 4.98 Å². The largest absolute Gasteiger partial charge is 0.481 e. The zero-order valence-corrected chi connectivity index (χ0v) is 14.8. The van der Waals surface area contributed by atoms with Crippen molar-refractivity contribution in [2.24, 2.45) is 5.92 Å². The summed E-state index contributed by atoms with van der Waals surface area (Å²) in [4.78, 5) is 29.9. The lowest BCUT2D eigenvalue weighted by Crippen LogP contribution is -2.30. The second-order valence-corrected chi connectivity index (χ2v) is 6.63. The number of aromatic nitrogens is 1. The van der Waals surface area contributed by atoms with E-state index in [0.29, 0.717) is 24.1 Å². The predicted octanol–water partition coefficient (Wildman–Crippen LogP) is 3.69. The highest BCUT2D eigenvalue weighted by Gasteiger charge is 2.32. The highest BCUT2D eigenvalue weighted by molar-refractivity contribution is 6.00. The number of likely N-dealkylation sites (tertiary alicyclic amines) is 1. The van der Waals surface area contributed by atoms with Gasteiger partial charge in [0.1, 0.15) is 5.82 Å². The van der Waals surface area contributed by atoms with Crippen molar-refractivity contribution >= 4 is 11.9 Å². The Bertz CT molecular complexity index is 1050. The lowest BCUT2D eigenvalue weighted by Gasteiger charge is -2.17. The number of carbonyl (C=O) groups is 2. The Morgan fingerprint density at radius 2 is 1.82 bits per heavy atom. The number of rotatable bonds is 4. The molecule has 1 aromatic heterocycles. The molecule has 28 heavy (non-hydrogen) atoms. The minimum Gasteiger partial charge on any atom is -0.481 e. The van der Waals surface area contributed by atoms with E-state index in [4.69, 9.17) is 9.52 Å². The number of carbonyl (C=O) groups excluding carboxylic acids is 1. The van der Waals surface area contributed by atoms with E-state index in [9.17, 15) is 14.0 Å². The Morgan fingerprint density at radius 3 is 2.54 bits per heavy atom. The molecule has 1 saturated heterocycles. The van der Waals surface area contributed by atoms with Crippen LogP contribution in [0.2, 0.25) is 0 Å². The van der Waals surface area contributed by atoms with Gasteiger partial charge in [-0.05, 0) is 30.7 Å². The third-order valence-corrected chi connectivity index (χ3v) is 4.86. The molecular formula is C21H17FN2O4. The van der Waals surface area contributed by atoms with Crippen LogP contribution in [0.3, 0.4) is 0 Å². The van der Waals surface area contributed by atoms with Crippen LogP contribution in [0.1, 0.15) is 16.8 Å². The fourth-order valence-corrected chi connectivity index (χ4v) is 3.36. The first-order chi connectivity index (χ1) is 13.5. The van der Waals surface area contributed by atoms with Crippen molar-refractivity contribution in [3.8, 4) is 22.8 Å². The second-order valence-electron chi connectivity index (χ2n) is 6.63. The van der Waals surface area contributed by atoms with Gasteiger partial charge >= 0.3 is 5.97 Å². The van der Waals surface area contributed by atoms with Gasteiger partial charge in [0.2, 0.25) is 5.89 Å². The summed E-state index contributed by atoms with van der Waals surface area (Å²) in [6.07, 6.45) is 1.85. The maximum Gasteiger partial charge on any atom is 0.308 e. The molecule has 142 valence electrons. The summed E-state index contributed by atoms with van der Waals surface area (Å²) in [5, 5.41) is 9.16. The predicted molar refractivity (Wildman–Crippen MR) is 99.0 cm³/mol. The minimum atomic E-state index is -0.897. The third kappa shape index (κ3) is 3.26. The Hall–Kier alpha value is -3.48. The summed E-state index contributed by atoms with van der Waals surface area (Å²) in [5.74, 6) is -1.67. The standard InChI is InChI=1S/C21H17FN2O4/c22-17-8-4-3-7-16(17)18-11-23-19(28-18)14-5-1-2-6-15(14)20(25)24-10-9-13(12-24)21(26)27/h1-8,11,13H,9-10,12H2,(H,26,27)/t13-/m0/s1. The Morgan fingerprint density at radius 1 is 1.11 bits per heavy atom. The smallest absolute Gasteiger partial charge is 0.308 e. The van der Waals surface area contributed by atoms with E-state index in [1.165, 1.54) is 17.2 Å². The molecule has 4 rings (SSSR count). The zero-order chi connectivity index (χ0) is 19.7. The van der Waals surface area contributed by atoms with E-state index in [0.717, 1.165) is 0 Å². The molecule has 0 bridgehead atoms. The molecule has 1 atom stereocenters. The minimum absolute atomic E-state index is 0.175. The summed E-state index contributed by atoms with van der Waals surface area (Å²) in [6.45, 7) is 0.560. The average molecular weight is 380 g/mol. The third-order valence-electron chi connectivity index (χ3n) is 4.86. The van der Waals surface area contributed by atoms with Crippen LogP contribution in [-0.2, 0) is 4.79 Å². The van der Waals surface area contributed by atoms with Crippen LogP contribution < -0.4 is 0 Å². The number of halogens is 1. The van der Waals surface area contributed by atoms with Gasteiger partial charge < -0.3 is 14.4 Å². The molecule has 1 amide bonds. The van der Waals surface area contributed by atoms with Gasteiger partial charge in [-0.25, -0.2) is 9.37 Å². The van der Waals surface area contributed by atoms with E-state index in [-0.39, 0.29) is 29.7 Å². The zero-order valence-electron chi connectivity index (χ0n) is 14.8. The molecule has 3 aromatic rings. The fourth-order valence-electron chi connectivity index (χ4n) is 3.36. The Balaban J connectivity index is 1.65. The molecule has 0 radical (unpaired) electrons. The molecule has 0 aliphatic carbocycles. The van der Waals surface area contributed by atoms with Crippen LogP contribution in [0.5, 0.6) is 0 Å². The summed E-state index contributed by atoms with van der Waals surface area (Å²) in [7, 11) is 0. The quantitative estimate of drug-likeness (QED) is 0.746. The second kappa shape index (κ2) is 7.26. The SMILES string of the molecule is O=C(O)[C@H]1CCN(C(=O)c2ccccc2-c2ncc(-c3ccccc3F)o2)C1. The molecule has 2 heterocycles. The number of nitrogens with zero attached hydrogens (tertiary/aromatic N) is 2. The molecule has 7 heteroatoms. The van der Waals surface area contributed by atoms with Gasteiger partial charge in [0.25, 0.3) is 5.91 Å². The molecule has 0 unspecified atom stereocenters. The number of amides is 1. The first kappa shape index (κ1) is 17.9. The van der Waals surface area contributed by atoms with Gasteiger partial charge in [-0.15, -0.1) is 0 Å². The number of hydrogen-bond acceptors (Lipinski definition) is 4. The van der Waals surface area contributed by atoms with Crippen LogP contribution in [0, 0.1) is 11.7 Å². The van der Waals surface area contributed by atoms with Crippen molar-refractivity contribution in [2.75, 3.05) is 13.1 Å². The molecular weight excluding hydrogens is 363 g/mol. The van der Waals surface area contributed by atoms with Crippen molar-refractivity contribution in [3.05, 3.63) is 66.1 Å². The maximum absolute atomic E-state index is 14.0. The lowest BCUT2D eigenvalue weighted by molar-refractivity contribution is -0.141. The molecule has 6 nitrogen and oxygen atoms in total. The summed E-state index contributed by atoms with van der Waals surface area (Å²) in [6, 6.07) is 13.0. The number of hydrogen-bond donors (Lipinski definition) is 1. The average Bonchev–Trinajstić information content (AvgIpc) is 3.38. The van der Waals surface area contributed by atoms with Crippen molar-refractivity contribution in [1.82, 2.24) is 9.88 Å². The molecule has 1 N–H and O–H groups in total. The number of oxazole rings is 1. The van der Waals surface area contributed by atoms with Crippen LogP contribution in [0.15, 0.2) is 59.1 Å². The van der Waals surface area contributed by atoms with E-state index >= 15 is 0 Å². The van der Waals surface area contributed by atoms with Crippen molar-refractivity contribution in [1.29, 1.82) is 0 Å². The van der Waals surface area contributed by atoms with Crippen LogP contribution in [0.25, 0.3) is 22.8 Å². The molecule has 1 fully saturated rings. The highest BCUT2D eigenvalue weighted by atomic mass is 19.1. The fraction of sp³-hybridized carbons (Fsp3) is 0.190. The van der Waals surface area contributed by atoms with Gasteiger partial charge in [0, 0.05) is 18.7 Å². The van der Waals surface area contributed by atoms with Gasteiger partial charge in [-0.2, -0.15) is 0 Å². The van der Waals surface area contributed by atoms with E-state index in [1.54, 1.807) is 42.5 Å². The Kier molecular flexibility index (Phi) is 4.65. The molecule has 2 aromatic carbocycles. The number of carboxylic acid groups (broad SMARTS) is 1. The summed E-state index contributed by atoms with van der Waals surface area (Å²) < 4.78 is 19.7. The van der Waals surface area contributed by atoms with E-state index < -0.39 is 17.7 Å². The van der Waals surface area contributed by atoms with E-state index in [1.807, 2.05) is 0 Å². The first-order valence-corrected chi connectivity index (χ1v) is 8.87. The number of carboxylic acids is 1. The molecule has 0 spiro atoms. The van der Waals surface area contributed by atoms with Crippen LogP contribution in [0.4, 0.5) is 4.39 Å². The van der Waals surface area contributed by atoms with Gasteiger partial charge in [0.05, 0.1) is 23.2 Å². The number of benzene rings is 2. The molecule has 1 aliphatic rings. The van der Waals surface area contributed by atoms with Crippen LogP contribution >= 0.6 is 0 Å². The van der Waals surface area contributed by atoms with Crippen molar-refractivity contribution < 1.29 is 23.5 Å². The summed E-state index contributed by atoms with van der Waals surface area (Å²) >= 11 is 0. The first-order valence-electron chi connectivity index (χ1n) is 8.87. The number of aliphatic carboxylic acids is 1. The van der Waals surface area contributed by atoms with Gasteiger partial charge in [0.15, 0.2) is 5.76 Å². The lowest BCUT2D eigenvalue weighted by atomic mass is 10.1.